The Hall–Kier alpha value is -3.46. The molecule has 1 amide bonds. The quantitative estimate of drug-likeness (QED) is 0.405. The largest absolute Gasteiger partial charge is 0.322 e. The molecule has 0 spiro atoms. The number of halogens is 1. The number of benzene rings is 2. The fraction of sp³-hybridized carbons (Fsp3) is 0.250. The molecule has 1 N–H and O–H groups in total. The number of nitrogens with zero attached hydrogens (tertiary/aromatic N) is 5. The molecule has 4 aromatic rings. The van der Waals surface area contributed by atoms with Crippen LogP contribution in [0.25, 0.3) is 11.4 Å². The lowest BCUT2D eigenvalue weighted by molar-refractivity contribution is -0.115. The van der Waals surface area contributed by atoms with E-state index < -0.39 is 5.25 Å². The number of carbonyl (C=O) groups excluding carboxylic acids is 1. The van der Waals surface area contributed by atoms with Gasteiger partial charge in [-0.2, -0.15) is 5.10 Å². The van der Waals surface area contributed by atoms with E-state index in [1.165, 1.54) is 17.8 Å². The molecule has 33 heavy (non-hydrogen) atoms. The van der Waals surface area contributed by atoms with Crippen LogP contribution in [0.4, 0.5) is 10.1 Å². The molecule has 1 unspecified atom stereocenters. The molecule has 2 heterocycles. The van der Waals surface area contributed by atoms with E-state index in [1.54, 1.807) is 22.9 Å². The van der Waals surface area contributed by atoms with Crippen LogP contribution in [0.1, 0.15) is 23.9 Å². The predicted octanol–water partition coefficient (Wildman–Crippen LogP) is 4.60. The Bertz CT molecular complexity index is 1280. The molecule has 0 aliphatic rings. The lowest BCUT2D eigenvalue weighted by Crippen LogP contribution is -2.23. The van der Waals surface area contributed by atoms with Crippen LogP contribution in [0.2, 0.25) is 0 Å². The highest BCUT2D eigenvalue weighted by Crippen LogP contribution is 2.30. The first-order valence-corrected chi connectivity index (χ1v) is 11.4. The average Bonchev–Trinajstić information content (AvgIpc) is 3.29. The summed E-state index contributed by atoms with van der Waals surface area (Å²) in [4.78, 5) is 12.9. The van der Waals surface area contributed by atoms with Crippen LogP contribution in [0.5, 0.6) is 0 Å². The molecule has 0 fully saturated rings. The monoisotopic (exact) mass is 464 g/mol. The van der Waals surface area contributed by atoms with Gasteiger partial charge in [-0.25, -0.2) is 4.39 Å². The Morgan fingerprint density at radius 3 is 2.45 bits per heavy atom. The van der Waals surface area contributed by atoms with E-state index >= 15 is 0 Å². The smallest absolute Gasteiger partial charge is 0.237 e. The second kappa shape index (κ2) is 9.58. The SMILES string of the molecule is Cc1nn(C)c(C)c1NC(=O)C(C)Sc1nnc(-c2ccccc2F)n1Cc1ccccc1. The third kappa shape index (κ3) is 4.83. The molecule has 0 radical (unpaired) electrons. The van der Waals surface area contributed by atoms with Gasteiger partial charge in [0.2, 0.25) is 5.91 Å². The minimum atomic E-state index is -0.462. The molecule has 0 aliphatic carbocycles. The minimum absolute atomic E-state index is 0.166. The zero-order valence-electron chi connectivity index (χ0n) is 18.9. The first-order chi connectivity index (χ1) is 15.8. The number of aryl methyl sites for hydroxylation is 2. The van der Waals surface area contributed by atoms with Crippen LogP contribution in [-0.2, 0) is 18.4 Å². The van der Waals surface area contributed by atoms with Crippen molar-refractivity contribution in [3.8, 4) is 11.4 Å². The van der Waals surface area contributed by atoms with Gasteiger partial charge in [-0.15, -0.1) is 10.2 Å². The third-order valence-electron chi connectivity index (χ3n) is 5.42. The highest BCUT2D eigenvalue weighted by atomic mass is 32.2. The van der Waals surface area contributed by atoms with Gasteiger partial charge in [0.25, 0.3) is 0 Å². The highest BCUT2D eigenvalue weighted by molar-refractivity contribution is 8.00. The number of thioether (sulfide) groups is 1. The lowest BCUT2D eigenvalue weighted by Gasteiger charge is -2.14. The molecule has 2 aromatic carbocycles. The molecular formula is C24H25FN6OS. The Morgan fingerprint density at radius 1 is 1.09 bits per heavy atom. The molecule has 1 atom stereocenters. The minimum Gasteiger partial charge on any atom is -0.322 e. The maximum Gasteiger partial charge on any atom is 0.237 e. The average molecular weight is 465 g/mol. The second-order valence-corrected chi connectivity index (χ2v) is 9.08. The first-order valence-electron chi connectivity index (χ1n) is 10.5. The zero-order valence-corrected chi connectivity index (χ0v) is 19.7. The number of aromatic nitrogens is 5. The van der Waals surface area contributed by atoms with Crippen molar-refractivity contribution in [1.82, 2.24) is 24.5 Å². The van der Waals surface area contributed by atoms with Crippen LogP contribution in [-0.4, -0.2) is 35.7 Å². The van der Waals surface area contributed by atoms with Crippen LogP contribution < -0.4 is 5.32 Å². The summed E-state index contributed by atoms with van der Waals surface area (Å²) in [5, 5.41) is 16.0. The van der Waals surface area contributed by atoms with Crippen molar-refractivity contribution in [1.29, 1.82) is 0 Å². The maximum absolute atomic E-state index is 14.6. The molecule has 7 nitrogen and oxygen atoms in total. The fourth-order valence-electron chi connectivity index (χ4n) is 3.52. The van der Waals surface area contributed by atoms with E-state index in [4.69, 9.17) is 0 Å². The lowest BCUT2D eigenvalue weighted by atomic mass is 10.2. The number of hydrogen-bond donors (Lipinski definition) is 1. The van der Waals surface area contributed by atoms with Crippen LogP contribution >= 0.6 is 11.8 Å². The van der Waals surface area contributed by atoms with Gasteiger partial charge in [0.15, 0.2) is 11.0 Å². The van der Waals surface area contributed by atoms with Gasteiger partial charge < -0.3 is 5.32 Å². The number of anilines is 1. The van der Waals surface area contributed by atoms with Crippen molar-refractivity contribution in [2.75, 3.05) is 5.32 Å². The summed E-state index contributed by atoms with van der Waals surface area (Å²) in [5.74, 6) is -0.115. The number of carbonyl (C=O) groups is 1. The van der Waals surface area contributed by atoms with Crippen molar-refractivity contribution >= 4 is 23.4 Å². The van der Waals surface area contributed by atoms with Gasteiger partial charge in [0, 0.05) is 7.05 Å². The van der Waals surface area contributed by atoms with E-state index in [-0.39, 0.29) is 11.7 Å². The van der Waals surface area contributed by atoms with E-state index in [2.05, 4.69) is 20.6 Å². The van der Waals surface area contributed by atoms with Gasteiger partial charge in [-0.05, 0) is 38.5 Å². The van der Waals surface area contributed by atoms with Crippen molar-refractivity contribution in [2.24, 2.45) is 7.05 Å². The van der Waals surface area contributed by atoms with Crippen LogP contribution in [0.15, 0.2) is 59.8 Å². The van der Waals surface area contributed by atoms with Crippen molar-refractivity contribution in [3.63, 3.8) is 0 Å². The topological polar surface area (TPSA) is 77.6 Å². The number of nitrogens with one attached hydrogen (secondary N) is 1. The molecule has 0 saturated carbocycles. The van der Waals surface area contributed by atoms with Crippen molar-refractivity contribution < 1.29 is 9.18 Å². The number of hydrogen-bond acceptors (Lipinski definition) is 5. The molecule has 2 aromatic heterocycles. The first kappa shape index (κ1) is 22.7. The molecular weight excluding hydrogens is 439 g/mol. The molecule has 4 rings (SSSR count). The van der Waals surface area contributed by atoms with E-state index in [0.29, 0.717) is 28.8 Å². The van der Waals surface area contributed by atoms with Crippen molar-refractivity contribution in [3.05, 3.63) is 77.4 Å². The number of rotatable bonds is 7. The van der Waals surface area contributed by atoms with Gasteiger partial charge in [0.05, 0.1) is 34.4 Å². The summed E-state index contributed by atoms with van der Waals surface area (Å²) in [5.41, 5.74) is 3.75. The molecule has 0 bridgehead atoms. The summed E-state index contributed by atoms with van der Waals surface area (Å²) in [6, 6.07) is 16.3. The summed E-state index contributed by atoms with van der Waals surface area (Å²) in [6.07, 6.45) is 0. The Balaban J connectivity index is 1.62. The summed E-state index contributed by atoms with van der Waals surface area (Å²) < 4.78 is 18.1. The normalized spacial score (nSPS) is 12.0. The summed E-state index contributed by atoms with van der Waals surface area (Å²) in [7, 11) is 1.84. The Kier molecular flexibility index (Phi) is 6.60. The third-order valence-corrected chi connectivity index (χ3v) is 6.50. The highest BCUT2D eigenvalue weighted by Gasteiger charge is 2.23. The summed E-state index contributed by atoms with van der Waals surface area (Å²) in [6.45, 7) is 6.03. The predicted molar refractivity (Wildman–Crippen MR) is 128 cm³/mol. The summed E-state index contributed by atoms with van der Waals surface area (Å²) >= 11 is 1.28. The van der Waals surface area contributed by atoms with Gasteiger partial charge in [-0.3, -0.25) is 14.0 Å². The van der Waals surface area contributed by atoms with Gasteiger partial charge >= 0.3 is 0 Å². The zero-order chi connectivity index (χ0) is 23.5. The van der Waals surface area contributed by atoms with E-state index in [1.807, 2.05) is 62.7 Å². The molecule has 0 saturated heterocycles. The Morgan fingerprint density at radius 2 is 1.79 bits per heavy atom. The second-order valence-electron chi connectivity index (χ2n) is 7.78. The molecule has 9 heteroatoms. The van der Waals surface area contributed by atoms with E-state index in [9.17, 15) is 9.18 Å². The number of amides is 1. The van der Waals surface area contributed by atoms with E-state index in [0.717, 1.165) is 17.0 Å². The van der Waals surface area contributed by atoms with Crippen molar-refractivity contribution in [2.45, 2.75) is 37.7 Å². The van der Waals surface area contributed by atoms with Crippen LogP contribution in [0.3, 0.4) is 0 Å². The van der Waals surface area contributed by atoms with Gasteiger partial charge in [0.1, 0.15) is 5.82 Å². The van der Waals surface area contributed by atoms with Gasteiger partial charge in [-0.1, -0.05) is 54.2 Å². The maximum atomic E-state index is 14.6. The van der Waals surface area contributed by atoms with Crippen LogP contribution in [0, 0.1) is 19.7 Å². The molecule has 0 aliphatic heterocycles. The standard InChI is InChI=1S/C24H25FN6OS/c1-15-21(16(2)30(4)29-15)26-23(32)17(3)33-24-28-27-22(19-12-8-9-13-20(19)25)31(24)14-18-10-6-5-7-11-18/h5-13,17H,14H2,1-4H3,(H,26,32). The Labute approximate surface area is 196 Å². The fourth-order valence-corrected chi connectivity index (χ4v) is 4.37. The molecule has 170 valence electrons.